The highest BCUT2D eigenvalue weighted by molar-refractivity contribution is 6.30. The van der Waals surface area contributed by atoms with Gasteiger partial charge in [-0.25, -0.2) is 4.39 Å². The Labute approximate surface area is 88.8 Å². The van der Waals surface area contributed by atoms with Crippen molar-refractivity contribution in [2.75, 3.05) is 0 Å². The molecule has 78 valence electrons. The molecule has 1 rings (SSSR count). The van der Waals surface area contributed by atoms with Crippen LogP contribution in [0.4, 0.5) is 4.39 Å². The average molecular weight is 217 g/mol. The summed E-state index contributed by atoms with van der Waals surface area (Å²) in [7, 11) is 0. The smallest absolute Gasteiger partial charge is 0.125 e. The van der Waals surface area contributed by atoms with Crippen LogP contribution in [0.15, 0.2) is 18.2 Å². The maximum absolute atomic E-state index is 12.9. The van der Waals surface area contributed by atoms with E-state index in [1.165, 1.54) is 12.1 Å². The predicted octanol–water partition coefficient (Wildman–Crippen LogP) is 3.79. The summed E-state index contributed by atoms with van der Waals surface area (Å²) in [5, 5.41) is 0.400. The lowest BCUT2D eigenvalue weighted by molar-refractivity contribution is -0.0150. The fourth-order valence-corrected chi connectivity index (χ4v) is 1.24. The Morgan fingerprint density at radius 2 is 1.93 bits per heavy atom. The molecule has 0 bridgehead atoms. The number of benzene rings is 1. The first kappa shape index (κ1) is 11.5. The van der Waals surface area contributed by atoms with E-state index in [0.717, 1.165) is 5.56 Å². The maximum Gasteiger partial charge on any atom is 0.125 e. The summed E-state index contributed by atoms with van der Waals surface area (Å²) < 4.78 is 18.4. The van der Waals surface area contributed by atoms with Crippen LogP contribution in [0.3, 0.4) is 0 Å². The lowest BCUT2D eigenvalue weighted by atomic mass is 10.2. The summed E-state index contributed by atoms with van der Waals surface area (Å²) in [4.78, 5) is 0. The van der Waals surface area contributed by atoms with Gasteiger partial charge < -0.3 is 4.74 Å². The molecule has 0 spiro atoms. The van der Waals surface area contributed by atoms with Crippen LogP contribution in [-0.4, -0.2) is 5.60 Å². The maximum atomic E-state index is 12.9. The molecule has 0 heterocycles. The first-order chi connectivity index (χ1) is 6.37. The SMILES string of the molecule is CC(C)(C)OCc1cc(F)cc(Cl)c1. The quantitative estimate of drug-likeness (QED) is 0.731. The van der Waals surface area contributed by atoms with Gasteiger partial charge in [-0.05, 0) is 44.5 Å². The van der Waals surface area contributed by atoms with Gasteiger partial charge in [0, 0.05) is 5.02 Å². The van der Waals surface area contributed by atoms with Gasteiger partial charge >= 0.3 is 0 Å². The van der Waals surface area contributed by atoms with Crippen LogP contribution in [0.5, 0.6) is 0 Å². The highest BCUT2D eigenvalue weighted by Gasteiger charge is 2.10. The highest BCUT2D eigenvalue weighted by atomic mass is 35.5. The minimum absolute atomic E-state index is 0.223. The van der Waals surface area contributed by atoms with E-state index in [4.69, 9.17) is 16.3 Å². The monoisotopic (exact) mass is 216 g/mol. The molecule has 0 saturated carbocycles. The second-order valence-electron chi connectivity index (χ2n) is 4.18. The fraction of sp³-hybridized carbons (Fsp3) is 0.455. The number of ether oxygens (including phenoxy) is 1. The standard InChI is InChI=1S/C11H14ClFO/c1-11(2,3)14-7-8-4-9(12)6-10(13)5-8/h4-6H,7H2,1-3H3. The molecule has 1 nitrogen and oxygen atoms in total. The van der Waals surface area contributed by atoms with Crippen LogP contribution >= 0.6 is 11.6 Å². The van der Waals surface area contributed by atoms with Crippen LogP contribution in [0.1, 0.15) is 26.3 Å². The van der Waals surface area contributed by atoms with Gasteiger partial charge in [0.05, 0.1) is 12.2 Å². The average Bonchev–Trinajstić information content (AvgIpc) is 1.97. The van der Waals surface area contributed by atoms with Gasteiger partial charge in [0.25, 0.3) is 0 Å². The van der Waals surface area contributed by atoms with E-state index >= 15 is 0 Å². The van der Waals surface area contributed by atoms with E-state index in [2.05, 4.69) is 0 Å². The Kier molecular flexibility index (Phi) is 3.51. The molecule has 0 aliphatic carbocycles. The Hall–Kier alpha value is -0.600. The Bertz CT molecular complexity index is 297. The zero-order valence-corrected chi connectivity index (χ0v) is 9.36. The Balaban J connectivity index is 2.68. The zero-order valence-electron chi connectivity index (χ0n) is 8.60. The van der Waals surface area contributed by atoms with Crippen LogP contribution in [0, 0.1) is 5.82 Å². The molecule has 1 aromatic carbocycles. The summed E-state index contributed by atoms with van der Waals surface area (Å²) >= 11 is 5.70. The van der Waals surface area contributed by atoms with Crippen molar-refractivity contribution in [2.24, 2.45) is 0 Å². The summed E-state index contributed by atoms with van der Waals surface area (Å²) in [6, 6.07) is 4.41. The van der Waals surface area contributed by atoms with E-state index in [-0.39, 0.29) is 11.4 Å². The molecule has 0 N–H and O–H groups in total. The molecule has 0 aliphatic heterocycles. The van der Waals surface area contributed by atoms with Crippen molar-refractivity contribution in [1.82, 2.24) is 0 Å². The first-order valence-electron chi connectivity index (χ1n) is 4.46. The van der Waals surface area contributed by atoms with Crippen molar-refractivity contribution >= 4 is 11.6 Å². The van der Waals surface area contributed by atoms with Gasteiger partial charge in [0.15, 0.2) is 0 Å². The lowest BCUT2D eigenvalue weighted by Gasteiger charge is -2.19. The van der Waals surface area contributed by atoms with Gasteiger partial charge in [-0.1, -0.05) is 11.6 Å². The molecule has 3 heteroatoms. The molecule has 0 radical (unpaired) electrons. The number of hydrogen-bond donors (Lipinski definition) is 0. The van der Waals surface area contributed by atoms with Crippen molar-refractivity contribution in [2.45, 2.75) is 33.0 Å². The second kappa shape index (κ2) is 4.28. The van der Waals surface area contributed by atoms with Gasteiger partial charge in [-0.15, -0.1) is 0 Å². The molecule has 0 aliphatic rings. The molecule has 0 fully saturated rings. The van der Waals surface area contributed by atoms with Crippen LogP contribution < -0.4 is 0 Å². The number of halogens is 2. The molecule has 0 saturated heterocycles. The first-order valence-corrected chi connectivity index (χ1v) is 4.83. The van der Waals surface area contributed by atoms with Gasteiger partial charge in [-0.2, -0.15) is 0 Å². The highest BCUT2D eigenvalue weighted by Crippen LogP contribution is 2.17. The van der Waals surface area contributed by atoms with Crippen LogP contribution in [-0.2, 0) is 11.3 Å². The Morgan fingerprint density at radius 1 is 1.29 bits per heavy atom. The van der Waals surface area contributed by atoms with Crippen molar-refractivity contribution < 1.29 is 9.13 Å². The molecule has 14 heavy (non-hydrogen) atoms. The van der Waals surface area contributed by atoms with Gasteiger partial charge in [0.1, 0.15) is 5.82 Å². The minimum Gasteiger partial charge on any atom is -0.371 e. The van der Waals surface area contributed by atoms with Crippen molar-refractivity contribution in [3.05, 3.63) is 34.6 Å². The van der Waals surface area contributed by atoms with Gasteiger partial charge in [-0.3, -0.25) is 0 Å². The van der Waals surface area contributed by atoms with Crippen molar-refractivity contribution in [3.63, 3.8) is 0 Å². The van der Waals surface area contributed by atoms with E-state index in [0.29, 0.717) is 11.6 Å². The summed E-state index contributed by atoms with van der Waals surface area (Å²) in [6.07, 6.45) is 0. The van der Waals surface area contributed by atoms with E-state index in [1.807, 2.05) is 20.8 Å². The fourth-order valence-electron chi connectivity index (χ4n) is 0.994. The molecule has 0 unspecified atom stereocenters. The number of hydrogen-bond acceptors (Lipinski definition) is 1. The molecule has 0 aromatic heterocycles. The zero-order chi connectivity index (χ0) is 10.8. The van der Waals surface area contributed by atoms with Gasteiger partial charge in [0.2, 0.25) is 0 Å². The predicted molar refractivity (Wildman–Crippen MR) is 56.0 cm³/mol. The minimum atomic E-state index is -0.329. The summed E-state index contributed by atoms with van der Waals surface area (Å²) in [5.74, 6) is -0.329. The molecule has 0 amide bonds. The van der Waals surface area contributed by atoms with Crippen molar-refractivity contribution in [3.8, 4) is 0 Å². The summed E-state index contributed by atoms with van der Waals surface area (Å²) in [6.45, 7) is 6.23. The molecule has 0 atom stereocenters. The second-order valence-corrected chi connectivity index (χ2v) is 4.62. The number of rotatable bonds is 2. The topological polar surface area (TPSA) is 9.23 Å². The molecular weight excluding hydrogens is 203 g/mol. The van der Waals surface area contributed by atoms with Crippen molar-refractivity contribution in [1.29, 1.82) is 0 Å². The van der Waals surface area contributed by atoms with Crippen LogP contribution in [0.25, 0.3) is 0 Å². The normalized spacial score (nSPS) is 11.8. The van der Waals surface area contributed by atoms with Crippen LogP contribution in [0.2, 0.25) is 5.02 Å². The third-order valence-corrected chi connectivity index (χ3v) is 1.81. The van der Waals surface area contributed by atoms with E-state index in [9.17, 15) is 4.39 Å². The third-order valence-electron chi connectivity index (χ3n) is 1.59. The van der Waals surface area contributed by atoms with E-state index < -0.39 is 0 Å². The molecular formula is C11H14ClFO. The lowest BCUT2D eigenvalue weighted by Crippen LogP contribution is -2.18. The van der Waals surface area contributed by atoms with E-state index in [1.54, 1.807) is 6.07 Å². The summed E-state index contributed by atoms with van der Waals surface area (Å²) in [5.41, 5.74) is 0.531. The Morgan fingerprint density at radius 3 is 2.43 bits per heavy atom. The largest absolute Gasteiger partial charge is 0.371 e. The molecule has 1 aromatic rings. The third kappa shape index (κ3) is 4.07.